The number of ether oxygens (including phenoxy) is 1. The van der Waals surface area contributed by atoms with E-state index in [1.54, 1.807) is 34.9 Å². The molecule has 0 aliphatic heterocycles. The van der Waals surface area contributed by atoms with Crippen LogP contribution >= 0.6 is 11.3 Å². The van der Waals surface area contributed by atoms with Crippen molar-refractivity contribution in [2.24, 2.45) is 4.99 Å². The molecule has 0 fully saturated rings. The van der Waals surface area contributed by atoms with Crippen LogP contribution in [0.5, 0.6) is 5.75 Å². The predicted molar refractivity (Wildman–Crippen MR) is 107 cm³/mol. The predicted octanol–water partition coefficient (Wildman–Crippen LogP) is 3.77. The van der Waals surface area contributed by atoms with Gasteiger partial charge in [0, 0.05) is 17.7 Å². The minimum atomic E-state index is -0.465. The van der Waals surface area contributed by atoms with Crippen LogP contribution in [0.15, 0.2) is 47.5 Å². The summed E-state index contributed by atoms with van der Waals surface area (Å²) < 4.78 is 7.90. The number of thiazole rings is 1. The summed E-state index contributed by atoms with van der Waals surface area (Å²) in [6.45, 7) is 4.04. The van der Waals surface area contributed by atoms with E-state index in [2.05, 4.69) is 10.9 Å². The second-order valence-corrected chi connectivity index (χ2v) is 7.20. The number of nitrogens with zero attached hydrogens (tertiary/aromatic N) is 3. The molecule has 0 saturated carbocycles. The van der Waals surface area contributed by atoms with Gasteiger partial charge in [0.25, 0.3) is 11.6 Å². The number of carbonyl (C=O) groups excluding carboxylic acids is 1. The first-order chi connectivity index (χ1) is 13.4. The molecule has 0 unspecified atom stereocenters. The normalized spacial score (nSPS) is 11.6. The number of amides is 1. The average Bonchev–Trinajstić information content (AvgIpc) is 2.98. The molecule has 1 heterocycles. The summed E-state index contributed by atoms with van der Waals surface area (Å²) >= 11 is 1.18. The van der Waals surface area contributed by atoms with Crippen LogP contribution in [0.25, 0.3) is 10.2 Å². The number of nitro groups is 1. The fraction of sp³-hybridized carbons (Fsp3) is 0.200. The van der Waals surface area contributed by atoms with Crippen LogP contribution in [0, 0.1) is 22.5 Å². The van der Waals surface area contributed by atoms with Gasteiger partial charge in [-0.05, 0) is 44.2 Å². The van der Waals surface area contributed by atoms with Gasteiger partial charge >= 0.3 is 0 Å². The third kappa shape index (κ3) is 4.10. The Morgan fingerprint density at radius 1 is 1.32 bits per heavy atom. The summed E-state index contributed by atoms with van der Waals surface area (Å²) in [5.74, 6) is 2.77. The smallest absolute Gasteiger partial charge is 0.279 e. The molecule has 3 aromatic rings. The second-order valence-electron chi connectivity index (χ2n) is 6.19. The quantitative estimate of drug-likeness (QED) is 0.374. The molecule has 28 heavy (non-hydrogen) atoms. The fourth-order valence-corrected chi connectivity index (χ4v) is 3.67. The Labute approximate surface area is 165 Å². The highest BCUT2D eigenvalue weighted by Gasteiger charge is 2.13. The van der Waals surface area contributed by atoms with Crippen LogP contribution in [0.2, 0.25) is 0 Å². The number of carbonyl (C=O) groups is 1. The summed E-state index contributed by atoms with van der Waals surface area (Å²) in [6.07, 6.45) is 5.48. The number of terminal acetylenes is 1. The second kappa shape index (κ2) is 8.06. The zero-order valence-corrected chi connectivity index (χ0v) is 16.1. The number of fused-ring (bicyclic) bond motifs is 1. The van der Waals surface area contributed by atoms with Gasteiger partial charge in [-0.2, -0.15) is 4.99 Å². The first-order valence-electron chi connectivity index (χ1n) is 8.46. The first kappa shape index (κ1) is 19.3. The maximum Gasteiger partial charge on any atom is 0.279 e. The van der Waals surface area contributed by atoms with Crippen molar-refractivity contribution in [2.75, 3.05) is 0 Å². The van der Waals surface area contributed by atoms with E-state index < -0.39 is 10.8 Å². The minimum Gasteiger partial charge on any atom is -0.491 e. The first-order valence-corrected chi connectivity index (χ1v) is 9.27. The Balaban J connectivity index is 2.02. The van der Waals surface area contributed by atoms with Crippen molar-refractivity contribution >= 4 is 33.1 Å². The Hall–Kier alpha value is -3.44. The Morgan fingerprint density at radius 2 is 2.04 bits per heavy atom. The van der Waals surface area contributed by atoms with Gasteiger partial charge in [-0.1, -0.05) is 17.3 Å². The molecule has 1 amide bonds. The molecule has 0 N–H and O–H groups in total. The molecule has 0 bridgehead atoms. The van der Waals surface area contributed by atoms with E-state index in [-0.39, 0.29) is 18.3 Å². The number of hydrogen-bond acceptors (Lipinski definition) is 5. The van der Waals surface area contributed by atoms with E-state index in [0.29, 0.717) is 26.3 Å². The van der Waals surface area contributed by atoms with Crippen molar-refractivity contribution in [3.63, 3.8) is 0 Å². The molecule has 1 aromatic heterocycles. The molecule has 2 aromatic carbocycles. The number of benzene rings is 2. The SMILES string of the molecule is C#CCn1c(=NC(=O)c2ccc(OC(C)C)cc2)sc2cc([N+](=O)[O-])ccc21. The van der Waals surface area contributed by atoms with Crippen LogP contribution < -0.4 is 9.54 Å². The van der Waals surface area contributed by atoms with Gasteiger partial charge in [0.2, 0.25) is 0 Å². The van der Waals surface area contributed by atoms with Gasteiger partial charge in [-0.15, -0.1) is 6.42 Å². The summed E-state index contributed by atoms with van der Waals surface area (Å²) in [4.78, 5) is 27.7. The molecule has 0 aliphatic rings. The van der Waals surface area contributed by atoms with Gasteiger partial charge < -0.3 is 9.30 Å². The highest BCUT2D eigenvalue weighted by molar-refractivity contribution is 7.16. The maximum absolute atomic E-state index is 12.6. The molecular formula is C20H17N3O4S. The van der Waals surface area contributed by atoms with Crippen LogP contribution in [-0.4, -0.2) is 21.5 Å². The van der Waals surface area contributed by atoms with Crippen molar-refractivity contribution in [3.8, 4) is 18.1 Å². The van der Waals surface area contributed by atoms with E-state index >= 15 is 0 Å². The van der Waals surface area contributed by atoms with Crippen molar-refractivity contribution in [1.82, 2.24) is 4.57 Å². The zero-order chi connectivity index (χ0) is 20.3. The topological polar surface area (TPSA) is 86.7 Å². The highest BCUT2D eigenvalue weighted by Crippen LogP contribution is 2.23. The number of hydrogen-bond donors (Lipinski definition) is 0. The van der Waals surface area contributed by atoms with Crippen molar-refractivity contribution in [3.05, 3.63) is 62.9 Å². The number of aromatic nitrogens is 1. The number of non-ortho nitro benzene ring substituents is 1. The van der Waals surface area contributed by atoms with E-state index in [0.717, 1.165) is 0 Å². The number of rotatable bonds is 5. The van der Waals surface area contributed by atoms with Gasteiger partial charge in [-0.25, -0.2) is 0 Å². The lowest BCUT2D eigenvalue weighted by molar-refractivity contribution is -0.384. The Bertz CT molecular complexity index is 1150. The molecule has 8 heteroatoms. The molecule has 0 aliphatic carbocycles. The Morgan fingerprint density at radius 3 is 2.64 bits per heavy atom. The summed E-state index contributed by atoms with van der Waals surface area (Å²) in [6, 6.07) is 11.2. The molecule has 0 spiro atoms. The third-order valence-corrected chi connectivity index (χ3v) is 4.84. The lowest BCUT2D eigenvalue weighted by atomic mass is 10.2. The minimum absolute atomic E-state index is 0.0276. The standard InChI is InChI=1S/C20H17N3O4S/c1-4-11-22-17-10-7-15(23(25)26)12-18(17)28-20(22)21-19(24)14-5-8-16(9-6-14)27-13(2)3/h1,5-10,12-13H,11H2,2-3H3. The molecule has 0 atom stereocenters. The molecule has 3 rings (SSSR count). The maximum atomic E-state index is 12.6. The van der Waals surface area contributed by atoms with Crippen LogP contribution in [0.3, 0.4) is 0 Å². The van der Waals surface area contributed by atoms with Gasteiger partial charge in [0.05, 0.1) is 27.8 Å². The molecule has 7 nitrogen and oxygen atoms in total. The largest absolute Gasteiger partial charge is 0.491 e. The monoisotopic (exact) mass is 395 g/mol. The van der Waals surface area contributed by atoms with E-state index in [4.69, 9.17) is 11.2 Å². The summed E-state index contributed by atoms with van der Waals surface area (Å²) in [5, 5.41) is 11.0. The van der Waals surface area contributed by atoms with Gasteiger partial charge in [0.15, 0.2) is 4.80 Å². The molecular weight excluding hydrogens is 378 g/mol. The van der Waals surface area contributed by atoms with Crippen LogP contribution in [0.1, 0.15) is 24.2 Å². The van der Waals surface area contributed by atoms with Crippen molar-refractivity contribution in [1.29, 1.82) is 0 Å². The van der Waals surface area contributed by atoms with E-state index in [1.165, 1.54) is 23.5 Å². The fourth-order valence-electron chi connectivity index (χ4n) is 2.60. The highest BCUT2D eigenvalue weighted by atomic mass is 32.1. The van der Waals surface area contributed by atoms with Crippen molar-refractivity contribution in [2.45, 2.75) is 26.5 Å². The van der Waals surface area contributed by atoms with Crippen molar-refractivity contribution < 1.29 is 14.5 Å². The van der Waals surface area contributed by atoms with Gasteiger partial charge in [0.1, 0.15) is 5.75 Å². The molecule has 0 radical (unpaired) electrons. The van der Waals surface area contributed by atoms with Crippen LogP contribution in [0.4, 0.5) is 5.69 Å². The van der Waals surface area contributed by atoms with Gasteiger partial charge in [-0.3, -0.25) is 14.9 Å². The zero-order valence-electron chi connectivity index (χ0n) is 15.3. The Kier molecular flexibility index (Phi) is 5.57. The lowest BCUT2D eigenvalue weighted by Gasteiger charge is -2.09. The third-order valence-electron chi connectivity index (χ3n) is 3.80. The number of nitro benzene ring substituents is 1. The van der Waals surface area contributed by atoms with E-state index in [1.807, 2.05) is 13.8 Å². The lowest BCUT2D eigenvalue weighted by Crippen LogP contribution is -2.16. The molecule has 142 valence electrons. The average molecular weight is 395 g/mol. The van der Waals surface area contributed by atoms with Crippen LogP contribution in [-0.2, 0) is 6.54 Å². The summed E-state index contributed by atoms with van der Waals surface area (Å²) in [5.41, 5.74) is 1.08. The molecule has 0 saturated heterocycles. The van der Waals surface area contributed by atoms with E-state index in [9.17, 15) is 14.9 Å². The summed E-state index contributed by atoms with van der Waals surface area (Å²) in [7, 11) is 0.